The third-order valence-electron chi connectivity index (χ3n) is 4.48. The molecule has 1 N–H and O–H groups in total. The standard InChI is InChI=1S/C17H29NS/c1-4-6-14-8-10-15(11-9-14)18-17(13(2)3)16-7-5-12-19-16/h5,7,12-15,17-18H,4,6,8-11H2,1-3H3. The summed E-state index contributed by atoms with van der Waals surface area (Å²) in [5.74, 6) is 1.68. The second-order valence-electron chi connectivity index (χ2n) is 6.41. The summed E-state index contributed by atoms with van der Waals surface area (Å²) < 4.78 is 0. The van der Waals surface area contributed by atoms with Gasteiger partial charge in [0.1, 0.15) is 0 Å². The van der Waals surface area contributed by atoms with Crippen LogP contribution in [0.1, 0.15) is 70.2 Å². The van der Waals surface area contributed by atoms with E-state index in [1.54, 1.807) is 0 Å². The maximum absolute atomic E-state index is 3.93. The maximum atomic E-state index is 3.93. The lowest BCUT2D eigenvalue weighted by Gasteiger charge is -2.33. The monoisotopic (exact) mass is 279 g/mol. The molecule has 2 heteroatoms. The fraction of sp³-hybridized carbons (Fsp3) is 0.765. The number of hydrogen-bond donors (Lipinski definition) is 1. The van der Waals surface area contributed by atoms with Crippen molar-refractivity contribution in [3.8, 4) is 0 Å². The van der Waals surface area contributed by atoms with Crippen LogP contribution in [0.3, 0.4) is 0 Å². The van der Waals surface area contributed by atoms with E-state index in [9.17, 15) is 0 Å². The molecular weight excluding hydrogens is 250 g/mol. The second-order valence-corrected chi connectivity index (χ2v) is 7.39. The molecule has 19 heavy (non-hydrogen) atoms. The quantitative estimate of drug-likeness (QED) is 0.735. The largest absolute Gasteiger partial charge is 0.306 e. The summed E-state index contributed by atoms with van der Waals surface area (Å²) in [6, 6.07) is 5.75. The first-order valence-corrected chi connectivity index (χ1v) is 8.88. The van der Waals surface area contributed by atoms with E-state index in [0.717, 1.165) is 12.0 Å². The predicted octanol–water partition coefficient (Wildman–Crippen LogP) is 5.39. The van der Waals surface area contributed by atoms with Crippen LogP contribution in [0.4, 0.5) is 0 Å². The highest BCUT2D eigenvalue weighted by Gasteiger charge is 2.25. The van der Waals surface area contributed by atoms with E-state index in [2.05, 4.69) is 43.6 Å². The zero-order chi connectivity index (χ0) is 13.7. The van der Waals surface area contributed by atoms with E-state index in [1.807, 2.05) is 11.3 Å². The van der Waals surface area contributed by atoms with Gasteiger partial charge in [0.15, 0.2) is 0 Å². The van der Waals surface area contributed by atoms with Gasteiger partial charge in [0.05, 0.1) is 0 Å². The Morgan fingerprint density at radius 3 is 2.53 bits per heavy atom. The van der Waals surface area contributed by atoms with Gasteiger partial charge < -0.3 is 5.32 Å². The first-order valence-electron chi connectivity index (χ1n) is 8.00. The molecule has 0 aromatic carbocycles. The van der Waals surface area contributed by atoms with Gasteiger partial charge in [0.25, 0.3) is 0 Å². The van der Waals surface area contributed by atoms with Crippen LogP contribution in [0.2, 0.25) is 0 Å². The van der Waals surface area contributed by atoms with Gasteiger partial charge in [-0.25, -0.2) is 0 Å². The number of thiophene rings is 1. The lowest BCUT2D eigenvalue weighted by Crippen LogP contribution is -2.37. The van der Waals surface area contributed by atoms with Gasteiger partial charge in [-0.2, -0.15) is 0 Å². The normalized spacial score (nSPS) is 25.7. The van der Waals surface area contributed by atoms with Crippen molar-refractivity contribution in [1.29, 1.82) is 0 Å². The Kier molecular flexibility index (Phi) is 5.90. The molecule has 1 fully saturated rings. The van der Waals surface area contributed by atoms with E-state index in [1.165, 1.54) is 43.4 Å². The summed E-state index contributed by atoms with van der Waals surface area (Å²) >= 11 is 1.89. The molecule has 0 aliphatic heterocycles. The molecule has 2 rings (SSSR count). The van der Waals surface area contributed by atoms with Crippen molar-refractivity contribution in [1.82, 2.24) is 5.32 Å². The molecule has 1 nitrogen and oxygen atoms in total. The van der Waals surface area contributed by atoms with Crippen LogP contribution in [0, 0.1) is 11.8 Å². The lowest BCUT2D eigenvalue weighted by molar-refractivity contribution is 0.248. The summed E-state index contributed by atoms with van der Waals surface area (Å²) in [6.07, 6.45) is 8.40. The van der Waals surface area contributed by atoms with Gasteiger partial charge >= 0.3 is 0 Å². The molecule has 1 atom stereocenters. The maximum Gasteiger partial charge on any atom is 0.0440 e. The third-order valence-corrected chi connectivity index (χ3v) is 5.43. The molecular formula is C17H29NS. The number of nitrogens with one attached hydrogen (secondary N) is 1. The molecule has 1 aromatic heterocycles. The Morgan fingerprint density at radius 1 is 1.26 bits per heavy atom. The Balaban J connectivity index is 1.86. The minimum Gasteiger partial charge on any atom is -0.306 e. The lowest BCUT2D eigenvalue weighted by atomic mass is 9.83. The molecule has 1 aliphatic rings. The summed E-state index contributed by atoms with van der Waals surface area (Å²) in [7, 11) is 0. The Labute approximate surface area is 122 Å². The van der Waals surface area contributed by atoms with Gasteiger partial charge in [0.2, 0.25) is 0 Å². The van der Waals surface area contributed by atoms with Crippen molar-refractivity contribution in [2.24, 2.45) is 11.8 Å². The minimum atomic E-state index is 0.549. The van der Waals surface area contributed by atoms with Gasteiger partial charge in [-0.3, -0.25) is 0 Å². The molecule has 0 spiro atoms. The zero-order valence-electron chi connectivity index (χ0n) is 12.7. The van der Waals surface area contributed by atoms with E-state index in [-0.39, 0.29) is 0 Å². The van der Waals surface area contributed by atoms with Gasteiger partial charge in [0, 0.05) is 17.0 Å². The first kappa shape index (κ1) is 15.1. The van der Waals surface area contributed by atoms with Crippen LogP contribution in [0.5, 0.6) is 0 Å². The van der Waals surface area contributed by atoms with Crippen molar-refractivity contribution in [3.05, 3.63) is 22.4 Å². The fourth-order valence-corrected chi connectivity index (χ4v) is 4.31. The molecule has 0 radical (unpaired) electrons. The average molecular weight is 279 g/mol. The van der Waals surface area contributed by atoms with Gasteiger partial charge in [-0.15, -0.1) is 11.3 Å². The summed E-state index contributed by atoms with van der Waals surface area (Å²) in [5, 5.41) is 6.13. The van der Waals surface area contributed by atoms with Crippen LogP contribution >= 0.6 is 11.3 Å². The molecule has 0 saturated heterocycles. The predicted molar refractivity (Wildman–Crippen MR) is 85.7 cm³/mol. The number of rotatable bonds is 6. The highest BCUT2D eigenvalue weighted by atomic mass is 32.1. The second kappa shape index (κ2) is 7.44. The van der Waals surface area contributed by atoms with E-state index in [0.29, 0.717) is 12.0 Å². The third kappa shape index (κ3) is 4.32. The molecule has 0 amide bonds. The zero-order valence-corrected chi connectivity index (χ0v) is 13.5. The Bertz CT molecular complexity index is 336. The van der Waals surface area contributed by atoms with E-state index in [4.69, 9.17) is 0 Å². The van der Waals surface area contributed by atoms with Gasteiger partial charge in [-0.05, 0) is 49.0 Å². The minimum absolute atomic E-state index is 0.549. The van der Waals surface area contributed by atoms with Gasteiger partial charge in [-0.1, -0.05) is 39.7 Å². The molecule has 1 aromatic rings. The molecule has 1 saturated carbocycles. The van der Waals surface area contributed by atoms with Crippen LogP contribution in [0.25, 0.3) is 0 Å². The van der Waals surface area contributed by atoms with E-state index < -0.39 is 0 Å². The first-order chi connectivity index (χ1) is 9.20. The van der Waals surface area contributed by atoms with Crippen molar-refractivity contribution in [3.63, 3.8) is 0 Å². The topological polar surface area (TPSA) is 12.0 Å². The van der Waals surface area contributed by atoms with Crippen LogP contribution in [0.15, 0.2) is 17.5 Å². The van der Waals surface area contributed by atoms with Crippen molar-refractivity contribution in [2.75, 3.05) is 0 Å². The van der Waals surface area contributed by atoms with Crippen molar-refractivity contribution >= 4 is 11.3 Å². The average Bonchev–Trinajstić information content (AvgIpc) is 2.91. The molecule has 108 valence electrons. The van der Waals surface area contributed by atoms with Crippen molar-refractivity contribution in [2.45, 2.75) is 71.4 Å². The molecule has 1 aliphatic carbocycles. The molecule has 1 heterocycles. The van der Waals surface area contributed by atoms with Crippen molar-refractivity contribution < 1.29 is 0 Å². The van der Waals surface area contributed by atoms with E-state index >= 15 is 0 Å². The van der Waals surface area contributed by atoms with Crippen LogP contribution in [-0.4, -0.2) is 6.04 Å². The Morgan fingerprint density at radius 2 is 2.00 bits per heavy atom. The smallest absolute Gasteiger partial charge is 0.0440 e. The summed E-state index contributed by atoms with van der Waals surface area (Å²) in [6.45, 7) is 6.98. The van der Waals surface area contributed by atoms with Crippen LogP contribution < -0.4 is 5.32 Å². The highest BCUT2D eigenvalue weighted by Crippen LogP contribution is 2.32. The summed E-state index contributed by atoms with van der Waals surface area (Å²) in [4.78, 5) is 1.51. The van der Waals surface area contributed by atoms with Crippen LogP contribution in [-0.2, 0) is 0 Å². The molecule has 1 unspecified atom stereocenters. The molecule has 0 bridgehead atoms. The highest BCUT2D eigenvalue weighted by molar-refractivity contribution is 7.10. The fourth-order valence-electron chi connectivity index (χ4n) is 3.35. The Hall–Kier alpha value is -0.340. The summed E-state index contributed by atoms with van der Waals surface area (Å²) in [5.41, 5.74) is 0. The number of hydrogen-bond acceptors (Lipinski definition) is 2. The SMILES string of the molecule is CCCC1CCC(NC(c2cccs2)C(C)C)CC1.